The number of furan rings is 1. The summed E-state index contributed by atoms with van der Waals surface area (Å²) in [6, 6.07) is 6.95. The minimum atomic E-state index is -4.83. The predicted molar refractivity (Wildman–Crippen MR) is 74.6 cm³/mol. The fourth-order valence-electron chi connectivity index (χ4n) is 2.37. The summed E-state index contributed by atoms with van der Waals surface area (Å²) in [5, 5.41) is 8.11. The van der Waals surface area contributed by atoms with Crippen LogP contribution in [0.5, 0.6) is 0 Å². The second-order valence-corrected chi connectivity index (χ2v) is 5.03. The maximum absolute atomic E-state index is 12.4. The van der Waals surface area contributed by atoms with Crippen molar-refractivity contribution in [3.05, 3.63) is 30.5 Å². The number of halogens is 3. The Labute approximate surface area is 129 Å². The average molecular weight is 326 g/mol. The molecule has 0 atom stereocenters. The van der Waals surface area contributed by atoms with Crippen molar-refractivity contribution in [2.45, 2.75) is 6.18 Å². The van der Waals surface area contributed by atoms with E-state index in [9.17, 15) is 18.0 Å². The van der Waals surface area contributed by atoms with Crippen molar-refractivity contribution in [3.63, 3.8) is 0 Å². The fraction of sp³-hybridized carbons (Fsp3) is 0.357. The Morgan fingerprint density at radius 2 is 1.83 bits per heavy atom. The Hall–Kier alpha value is -2.58. The molecule has 0 saturated carbocycles. The van der Waals surface area contributed by atoms with Gasteiger partial charge in [0.2, 0.25) is 0 Å². The molecule has 1 aliphatic rings. The SMILES string of the molecule is O=C(N1CCN(c2ccc(-c3ccco3)nn2)CC1)C(F)(F)F. The number of rotatable bonds is 2. The molecule has 3 heterocycles. The van der Waals surface area contributed by atoms with Gasteiger partial charge in [0.15, 0.2) is 11.6 Å². The smallest absolute Gasteiger partial charge is 0.463 e. The lowest BCUT2D eigenvalue weighted by Gasteiger charge is -2.35. The van der Waals surface area contributed by atoms with E-state index in [1.165, 1.54) is 6.26 Å². The van der Waals surface area contributed by atoms with Crippen LogP contribution in [-0.4, -0.2) is 53.4 Å². The Kier molecular flexibility index (Phi) is 3.93. The minimum absolute atomic E-state index is 0.0000410. The van der Waals surface area contributed by atoms with Crippen molar-refractivity contribution in [1.29, 1.82) is 0 Å². The Balaban J connectivity index is 1.63. The van der Waals surface area contributed by atoms with E-state index >= 15 is 0 Å². The van der Waals surface area contributed by atoms with E-state index < -0.39 is 12.1 Å². The van der Waals surface area contributed by atoms with E-state index in [0.717, 1.165) is 4.90 Å². The third kappa shape index (κ3) is 3.27. The lowest BCUT2D eigenvalue weighted by Crippen LogP contribution is -2.52. The van der Waals surface area contributed by atoms with Crippen LogP contribution in [0.25, 0.3) is 11.5 Å². The van der Waals surface area contributed by atoms with E-state index in [0.29, 0.717) is 17.3 Å². The van der Waals surface area contributed by atoms with Crippen LogP contribution in [0.4, 0.5) is 19.0 Å². The molecule has 0 N–H and O–H groups in total. The molecule has 0 aliphatic carbocycles. The van der Waals surface area contributed by atoms with Gasteiger partial charge in [0.1, 0.15) is 5.69 Å². The van der Waals surface area contributed by atoms with Crippen molar-refractivity contribution in [2.24, 2.45) is 0 Å². The average Bonchev–Trinajstić information content (AvgIpc) is 3.08. The Morgan fingerprint density at radius 3 is 2.35 bits per heavy atom. The molecule has 0 aromatic carbocycles. The summed E-state index contributed by atoms with van der Waals surface area (Å²) in [4.78, 5) is 13.8. The van der Waals surface area contributed by atoms with Gasteiger partial charge < -0.3 is 14.2 Å². The molecule has 1 fully saturated rings. The molecule has 0 bridgehead atoms. The molecule has 1 aliphatic heterocycles. The van der Waals surface area contributed by atoms with E-state index in [2.05, 4.69) is 10.2 Å². The highest BCUT2D eigenvalue weighted by molar-refractivity contribution is 5.82. The molecule has 0 spiro atoms. The summed E-state index contributed by atoms with van der Waals surface area (Å²) < 4.78 is 42.4. The predicted octanol–water partition coefficient (Wildman–Crippen LogP) is 1.95. The van der Waals surface area contributed by atoms with Gasteiger partial charge in [-0.25, -0.2) is 0 Å². The normalized spacial score (nSPS) is 15.8. The third-order valence-corrected chi connectivity index (χ3v) is 3.56. The quantitative estimate of drug-likeness (QED) is 0.844. The van der Waals surface area contributed by atoms with Crippen molar-refractivity contribution in [1.82, 2.24) is 15.1 Å². The highest BCUT2D eigenvalue weighted by atomic mass is 19.4. The zero-order valence-electron chi connectivity index (χ0n) is 12.0. The number of nitrogens with zero attached hydrogens (tertiary/aromatic N) is 4. The van der Waals surface area contributed by atoms with E-state index in [1.54, 1.807) is 29.2 Å². The summed E-state index contributed by atoms with van der Waals surface area (Å²) in [5.41, 5.74) is 0.574. The number of alkyl halides is 3. The molecule has 2 aromatic heterocycles. The second-order valence-electron chi connectivity index (χ2n) is 5.03. The summed E-state index contributed by atoms with van der Waals surface area (Å²) in [6.45, 7) is 0.549. The molecule has 1 saturated heterocycles. The molecule has 0 unspecified atom stereocenters. The maximum Gasteiger partial charge on any atom is 0.471 e. The lowest BCUT2D eigenvalue weighted by molar-refractivity contribution is -0.185. The number of amides is 1. The lowest BCUT2D eigenvalue weighted by atomic mass is 10.2. The first-order valence-corrected chi connectivity index (χ1v) is 6.94. The largest absolute Gasteiger partial charge is 0.471 e. The van der Waals surface area contributed by atoms with Crippen molar-refractivity contribution in [2.75, 3.05) is 31.1 Å². The summed E-state index contributed by atoms with van der Waals surface area (Å²) in [6.07, 6.45) is -3.30. The molecule has 6 nitrogen and oxygen atoms in total. The second kappa shape index (κ2) is 5.90. The zero-order valence-corrected chi connectivity index (χ0v) is 12.0. The number of piperazine rings is 1. The molecule has 122 valence electrons. The third-order valence-electron chi connectivity index (χ3n) is 3.56. The molecule has 1 amide bonds. The number of aromatic nitrogens is 2. The topological polar surface area (TPSA) is 62.5 Å². The zero-order chi connectivity index (χ0) is 16.4. The molecular formula is C14H13F3N4O2. The van der Waals surface area contributed by atoms with Crippen LogP contribution in [0.3, 0.4) is 0 Å². The van der Waals surface area contributed by atoms with Crippen LogP contribution >= 0.6 is 0 Å². The van der Waals surface area contributed by atoms with Crippen molar-refractivity contribution >= 4 is 11.7 Å². The van der Waals surface area contributed by atoms with Crippen molar-refractivity contribution in [3.8, 4) is 11.5 Å². The first-order valence-electron chi connectivity index (χ1n) is 6.94. The van der Waals surface area contributed by atoms with E-state index in [1.807, 2.05) is 0 Å². The van der Waals surface area contributed by atoms with E-state index in [-0.39, 0.29) is 26.2 Å². The maximum atomic E-state index is 12.4. The van der Waals surface area contributed by atoms with Gasteiger partial charge in [0, 0.05) is 26.2 Å². The van der Waals surface area contributed by atoms with Gasteiger partial charge in [0.25, 0.3) is 0 Å². The molecule has 9 heteroatoms. The summed E-state index contributed by atoms with van der Waals surface area (Å²) in [7, 11) is 0. The van der Waals surface area contributed by atoms with Crippen LogP contribution in [-0.2, 0) is 4.79 Å². The van der Waals surface area contributed by atoms with Crippen LogP contribution in [0.15, 0.2) is 34.9 Å². The van der Waals surface area contributed by atoms with Crippen LogP contribution in [0.2, 0.25) is 0 Å². The molecule has 2 aromatic rings. The first-order chi connectivity index (χ1) is 10.9. The highest BCUT2D eigenvalue weighted by Gasteiger charge is 2.43. The number of hydrogen-bond donors (Lipinski definition) is 0. The van der Waals surface area contributed by atoms with Gasteiger partial charge in [-0.05, 0) is 24.3 Å². The summed E-state index contributed by atoms with van der Waals surface area (Å²) >= 11 is 0. The van der Waals surface area contributed by atoms with Gasteiger partial charge >= 0.3 is 12.1 Å². The van der Waals surface area contributed by atoms with Gasteiger partial charge in [-0.15, -0.1) is 10.2 Å². The monoisotopic (exact) mass is 326 g/mol. The fourth-order valence-corrected chi connectivity index (χ4v) is 2.37. The van der Waals surface area contributed by atoms with Crippen LogP contribution in [0, 0.1) is 0 Å². The van der Waals surface area contributed by atoms with Gasteiger partial charge in [0.05, 0.1) is 6.26 Å². The van der Waals surface area contributed by atoms with Crippen LogP contribution in [0.1, 0.15) is 0 Å². The number of carbonyl (C=O) groups is 1. The summed E-state index contributed by atoms with van der Waals surface area (Å²) in [5.74, 6) is -0.652. The minimum Gasteiger partial charge on any atom is -0.463 e. The Bertz CT molecular complexity index is 662. The van der Waals surface area contributed by atoms with Crippen LogP contribution < -0.4 is 4.90 Å². The Morgan fingerprint density at radius 1 is 1.09 bits per heavy atom. The molecular weight excluding hydrogens is 313 g/mol. The number of carbonyl (C=O) groups excluding carboxylic acids is 1. The van der Waals surface area contributed by atoms with Crippen molar-refractivity contribution < 1.29 is 22.4 Å². The molecule has 3 rings (SSSR count). The van der Waals surface area contributed by atoms with Gasteiger partial charge in [-0.3, -0.25) is 4.79 Å². The van der Waals surface area contributed by atoms with Gasteiger partial charge in [-0.1, -0.05) is 0 Å². The van der Waals surface area contributed by atoms with Gasteiger partial charge in [-0.2, -0.15) is 13.2 Å². The number of anilines is 1. The highest BCUT2D eigenvalue weighted by Crippen LogP contribution is 2.22. The number of hydrogen-bond acceptors (Lipinski definition) is 5. The standard InChI is InChI=1S/C14H13F3N4O2/c15-14(16,17)13(22)21-7-5-20(6-8-21)12-4-3-10(18-19-12)11-2-1-9-23-11/h1-4,9H,5-8H2. The first kappa shape index (κ1) is 15.3. The van der Waals surface area contributed by atoms with E-state index in [4.69, 9.17) is 4.42 Å². The molecule has 0 radical (unpaired) electrons. The molecule has 23 heavy (non-hydrogen) atoms.